The molecule has 0 saturated carbocycles. The first-order valence-corrected chi connectivity index (χ1v) is 10.5. The minimum Gasteiger partial charge on any atom is -0.436 e. The summed E-state index contributed by atoms with van der Waals surface area (Å²) < 4.78 is 16.0. The van der Waals surface area contributed by atoms with Gasteiger partial charge in [-0.05, 0) is 30.3 Å². The molecule has 1 aliphatic rings. The zero-order chi connectivity index (χ0) is 24.9. The minimum atomic E-state index is -0.933. The molecule has 176 valence electrons. The monoisotopic (exact) mass is 496 g/mol. The van der Waals surface area contributed by atoms with Crippen molar-refractivity contribution in [3.05, 3.63) is 57.4 Å². The van der Waals surface area contributed by atoms with E-state index in [9.17, 15) is 24.0 Å². The lowest BCUT2D eigenvalue weighted by Gasteiger charge is -2.12. The van der Waals surface area contributed by atoms with Crippen molar-refractivity contribution >= 4 is 57.4 Å². The third-order valence-corrected chi connectivity index (χ3v) is 5.37. The van der Waals surface area contributed by atoms with Gasteiger partial charge in [0, 0.05) is 31.2 Å². The molecule has 35 heavy (non-hydrogen) atoms. The number of halogens is 1. The summed E-state index contributed by atoms with van der Waals surface area (Å²) in [5.41, 5.74) is -0.174. The van der Waals surface area contributed by atoms with E-state index in [4.69, 9.17) is 30.0 Å². The first-order chi connectivity index (χ1) is 16.7. The topological polar surface area (TPSA) is 146 Å². The first-order valence-electron chi connectivity index (χ1n) is 10.1. The fraction of sp³-hybridized carbons (Fsp3) is 0.130. The second kappa shape index (κ2) is 8.37. The summed E-state index contributed by atoms with van der Waals surface area (Å²) in [5.74, 6) is -2.76. The number of ether oxygens (including phenoxy) is 1. The number of imide groups is 1. The van der Waals surface area contributed by atoms with Gasteiger partial charge < -0.3 is 18.4 Å². The Bertz CT molecular complexity index is 1620. The van der Waals surface area contributed by atoms with E-state index in [-0.39, 0.29) is 51.8 Å². The standard InChI is InChI=1S/C23H13ClN2O9/c1-10(27)32-17-9-16-12(7-14(17)24)6-13(23(31)34-16)21-25-15-3-2-11(8-18(15)33-21)22(30)35-26-19(28)4-5-20(26)29/h2-3,6-9H,4-5H2,1H3. The van der Waals surface area contributed by atoms with Crippen molar-refractivity contribution in [2.24, 2.45) is 0 Å². The minimum absolute atomic E-state index is 0.00280. The summed E-state index contributed by atoms with van der Waals surface area (Å²) in [4.78, 5) is 68.7. The van der Waals surface area contributed by atoms with Crippen molar-refractivity contribution < 1.29 is 37.6 Å². The molecule has 0 unspecified atom stereocenters. The molecule has 2 aromatic heterocycles. The Hall–Kier alpha value is -4.51. The summed E-state index contributed by atoms with van der Waals surface area (Å²) in [5, 5.41) is 0.992. The zero-order valence-corrected chi connectivity index (χ0v) is 18.6. The van der Waals surface area contributed by atoms with Crippen LogP contribution in [0.4, 0.5) is 0 Å². The maximum absolute atomic E-state index is 12.6. The Labute approximate surface area is 199 Å². The van der Waals surface area contributed by atoms with Gasteiger partial charge in [0.2, 0.25) is 5.89 Å². The summed E-state index contributed by atoms with van der Waals surface area (Å²) in [6, 6.07) is 8.38. The van der Waals surface area contributed by atoms with E-state index in [0.29, 0.717) is 16.0 Å². The predicted molar refractivity (Wildman–Crippen MR) is 118 cm³/mol. The SMILES string of the molecule is CC(=O)Oc1cc2oc(=O)c(-c3nc4ccc(C(=O)ON5C(=O)CCC5=O)cc4o3)cc2cc1Cl. The molecule has 0 bridgehead atoms. The zero-order valence-electron chi connectivity index (χ0n) is 17.8. The van der Waals surface area contributed by atoms with Crippen molar-refractivity contribution in [2.75, 3.05) is 0 Å². The highest BCUT2D eigenvalue weighted by Gasteiger charge is 2.33. The number of amides is 2. The number of rotatable bonds is 4. The van der Waals surface area contributed by atoms with Gasteiger partial charge in [0.25, 0.3) is 11.8 Å². The number of nitrogens with zero attached hydrogens (tertiary/aromatic N) is 2. The van der Waals surface area contributed by atoms with Crippen molar-refractivity contribution in [1.82, 2.24) is 10.0 Å². The highest BCUT2D eigenvalue weighted by molar-refractivity contribution is 6.33. The van der Waals surface area contributed by atoms with Crippen LogP contribution < -0.4 is 10.4 Å². The molecule has 12 heteroatoms. The maximum atomic E-state index is 12.6. The van der Waals surface area contributed by atoms with Crippen LogP contribution in [0.25, 0.3) is 33.5 Å². The molecule has 2 aromatic carbocycles. The van der Waals surface area contributed by atoms with Crippen LogP contribution in [0.1, 0.15) is 30.1 Å². The molecule has 1 aliphatic heterocycles. The van der Waals surface area contributed by atoms with Gasteiger partial charge in [-0.1, -0.05) is 11.6 Å². The Morgan fingerprint density at radius 2 is 1.74 bits per heavy atom. The van der Waals surface area contributed by atoms with Crippen LogP contribution in [0.5, 0.6) is 5.75 Å². The van der Waals surface area contributed by atoms with Crippen molar-refractivity contribution in [2.45, 2.75) is 19.8 Å². The Morgan fingerprint density at radius 1 is 1.00 bits per heavy atom. The number of fused-ring (bicyclic) bond motifs is 2. The maximum Gasteiger partial charge on any atom is 0.364 e. The molecule has 0 N–H and O–H groups in total. The number of oxazole rings is 1. The lowest BCUT2D eigenvalue weighted by atomic mass is 10.2. The van der Waals surface area contributed by atoms with Gasteiger partial charge in [0.1, 0.15) is 16.7 Å². The summed E-state index contributed by atoms with van der Waals surface area (Å²) >= 11 is 6.15. The van der Waals surface area contributed by atoms with Gasteiger partial charge >= 0.3 is 17.6 Å². The van der Waals surface area contributed by atoms with Gasteiger partial charge in [0.05, 0.1) is 10.6 Å². The van der Waals surface area contributed by atoms with E-state index in [0.717, 1.165) is 0 Å². The molecule has 3 heterocycles. The number of hydroxylamine groups is 2. The third kappa shape index (κ3) is 4.13. The van der Waals surface area contributed by atoms with Gasteiger partial charge in [-0.25, -0.2) is 14.6 Å². The number of benzene rings is 2. The normalized spacial score (nSPS) is 13.6. The van der Waals surface area contributed by atoms with Gasteiger partial charge in [-0.2, -0.15) is 0 Å². The van der Waals surface area contributed by atoms with Crippen LogP contribution in [-0.4, -0.2) is 33.8 Å². The van der Waals surface area contributed by atoms with Crippen molar-refractivity contribution in [1.29, 1.82) is 0 Å². The second-order valence-corrected chi connectivity index (χ2v) is 7.93. The smallest absolute Gasteiger partial charge is 0.364 e. The molecule has 4 aromatic rings. The quantitative estimate of drug-likeness (QED) is 0.178. The molecule has 0 atom stereocenters. The number of carbonyl (C=O) groups is 4. The highest BCUT2D eigenvalue weighted by atomic mass is 35.5. The molecule has 2 amide bonds. The Kier molecular flexibility index (Phi) is 5.33. The molecule has 0 aliphatic carbocycles. The van der Waals surface area contributed by atoms with E-state index in [1.807, 2.05) is 0 Å². The molecule has 0 spiro atoms. The lowest BCUT2D eigenvalue weighted by molar-refractivity contribution is -0.172. The average Bonchev–Trinajstić information content (AvgIpc) is 3.37. The number of aromatic nitrogens is 1. The van der Waals surface area contributed by atoms with Crippen LogP contribution >= 0.6 is 11.6 Å². The van der Waals surface area contributed by atoms with E-state index in [1.165, 1.54) is 43.3 Å². The predicted octanol–water partition coefficient (Wildman–Crippen LogP) is 3.40. The molecule has 11 nitrogen and oxygen atoms in total. The number of hydrogen-bond donors (Lipinski definition) is 0. The first kappa shape index (κ1) is 22.3. The molecule has 1 fully saturated rings. The van der Waals surface area contributed by atoms with Crippen LogP contribution in [0.2, 0.25) is 5.02 Å². The number of carbonyl (C=O) groups excluding carboxylic acids is 4. The fourth-order valence-corrected chi connectivity index (χ4v) is 3.67. The average molecular weight is 497 g/mol. The van der Waals surface area contributed by atoms with E-state index >= 15 is 0 Å². The van der Waals surface area contributed by atoms with Crippen molar-refractivity contribution in [3.63, 3.8) is 0 Å². The molecule has 0 radical (unpaired) electrons. The summed E-state index contributed by atoms with van der Waals surface area (Å²) in [7, 11) is 0. The Balaban J connectivity index is 1.48. The molecular weight excluding hydrogens is 484 g/mol. The second-order valence-electron chi connectivity index (χ2n) is 7.52. The lowest BCUT2D eigenvalue weighted by Crippen LogP contribution is -2.32. The molecule has 1 saturated heterocycles. The van der Waals surface area contributed by atoms with Gasteiger partial charge in [-0.3, -0.25) is 14.4 Å². The van der Waals surface area contributed by atoms with Crippen LogP contribution in [0, 0.1) is 0 Å². The molecular formula is C23H13ClN2O9. The van der Waals surface area contributed by atoms with Crippen molar-refractivity contribution in [3.8, 4) is 17.2 Å². The third-order valence-electron chi connectivity index (χ3n) is 5.07. The van der Waals surface area contributed by atoms with E-state index < -0.39 is 29.4 Å². The van der Waals surface area contributed by atoms with Crippen LogP contribution in [-0.2, 0) is 19.2 Å². The largest absolute Gasteiger partial charge is 0.436 e. The van der Waals surface area contributed by atoms with E-state index in [2.05, 4.69) is 4.98 Å². The van der Waals surface area contributed by atoms with Gasteiger partial charge in [-0.15, -0.1) is 5.06 Å². The molecule has 5 rings (SSSR count). The number of esters is 1. The van der Waals surface area contributed by atoms with E-state index in [1.54, 1.807) is 0 Å². The number of hydrogen-bond acceptors (Lipinski definition) is 10. The Morgan fingerprint density at radius 3 is 2.46 bits per heavy atom. The highest BCUT2D eigenvalue weighted by Crippen LogP contribution is 2.32. The van der Waals surface area contributed by atoms with Crippen LogP contribution in [0.15, 0.2) is 50.0 Å². The summed E-state index contributed by atoms with van der Waals surface area (Å²) in [6.45, 7) is 1.21. The van der Waals surface area contributed by atoms with Crippen LogP contribution in [0.3, 0.4) is 0 Å². The fourth-order valence-electron chi connectivity index (χ4n) is 3.46. The van der Waals surface area contributed by atoms with Gasteiger partial charge in [0.15, 0.2) is 11.3 Å². The summed E-state index contributed by atoms with van der Waals surface area (Å²) in [6.07, 6.45) is -0.0531.